The van der Waals surface area contributed by atoms with Gasteiger partial charge in [0, 0.05) is 12.1 Å². The molecule has 1 atom stereocenters. The Morgan fingerprint density at radius 1 is 1.29 bits per heavy atom. The summed E-state index contributed by atoms with van der Waals surface area (Å²) in [4.78, 5) is 23.0. The van der Waals surface area contributed by atoms with Crippen LogP contribution in [0, 0.1) is 15.9 Å². The third-order valence-corrected chi connectivity index (χ3v) is 5.04. The Labute approximate surface area is 160 Å². The summed E-state index contributed by atoms with van der Waals surface area (Å²) in [6.45, 7) is 1.31. The van der Waals surface area contributed by atoms with E-state index < -0.39 is 32.7 Å². The maximum Gasteiger partial charge on any atom is 0.271 e. The highest BCUT2D eigenvalue weighted by molar-refractivity contribution is 7.92. The van der Waals surface area contributed by atoms with Crippen LogP contribution in [-0.2, 0) is 14.8 Å². The van der Waals surface area contributed by atoms with Gasteiger partial charge in [-0.15, -0.1) is 0 Å². The number of hydrogen-bond acceptors (Lipinski definition) is 6. The van der Waals surface area contributed by atoms with Crippen LogP contribution in [0.1, 0.15) is 6.92 Å². The van der Waals surface area contributed by atoms with Gasteiger partial charge in [0.1, 0.15) is 17.6 Å². The number of nitrogens with one attached hydrogen (secondary N) is 1. The van der Waals surface area contributed by atoms with E-state index in [1.54, 1.807) is 0 Å². The summed E-state index contributed by atoms with van der Waals surface area (Å²) in [7, 11) is -2.63. The molecule has 1 N–H and O–H groups in total. The first-order valence-electron chi connectivity index (χ1n) is 7.93. The molecule has 0 saturated carbocycles. The molecule has 1 unspecified atom stereocenters. The predicted octanol–water partition coefficient (Wildman–Crippen LogP) is 2.54. The number of carbonyl (C=O) groups excluding carboxylic acids is 1. The Balaban J connectivity index is 2.39. The van der Waals surface area contributed by atoms with E-state index in [0.717, 1.165) is 28.8 Å². The first-order chi connectivity index (χ1) is 13.0. The van der Waals surface area contributed by atoms with Crippen molar-refractivity contribution in [3.05, 3.63) is 58.4 Å². The third-order valence-electron chi connectivity index (χ3n) is 3.80. The smallest absolute Gasteiger partial charge is 0.271 e. The van der Waals surface area contributed by atoms with Gasteiger partial charge in [0.25, 0.3) is 5.69 Å². The number of nitro benzene ring substituents is 1. The summed E-state index contributed by atoms with van der Waals surface area (Å²) >= 11 is 0. The number of benzene rings is 2. The maximum atomic E-state index is 13.5. The van der Waals surface area contributed by atoms with E-state index in [1.807, 2.05) is 0 Å². The second-order valence-electron chi connectivity index (χ2n) is 5.85. The molecule has 2 rings (SSSR count). The Kier molecular flexibility index (Phi) is 6.19. The van der Waals surface area contributed by atoms with Crippen LogP contribution < -0.4 is 14.4 Å². The summed E-state index contributed by atoms with van der Waals surface area (Å²) in [5.74, 6) is -1.30. The van der Waals surface area contributed by atoms with Gasteiger partial charge in [-0.1, -0.05) is 6.07 Å². The molecule has 0 saturated heterocycles. The van der Waals surface area contributed by atoms with Crippen molar-refractivity contribution in [3.63, 3.8) is 0 Å². The molecule has 11 heteroatoms. The molecule has 0 aromatic heterocycles. The van der Waals surface area contributed by atoms with Gasteiger partial charge in [0.2, 0.25) is 15.9 Å². The van der Waals surface area contributed by atoms with Crippen LogP contribution in [-0.4, -0.2) is 38.7 Å². The summed E-state index contributed by atoms with van der Waals surface area (Å²) in [5.41, 5.74) is -0.314. The largest absolute Gasteiger partial charge is 0.495 e. The first kappa shape index (κ1) is 21.1. The number of sulfonamides is 1. The Bertz CT molecular complexity index is 1010. The molecule has 0 fully saturated rings. The topological polar surface area (TPSA) is 119 Å². The van der Waals surface area contributed by atoms with Gasteiger partial charge in [-0.05, 0) is 31.2 Å². The van der Waals surface area contributed by atoms with Crippen LogP contribution in [0.25, 0.3) is 0 Å². The molecule has 0 aliphatic carbocycles. The number of methoxy groups -OCH3 is 1. The minimum absolute atomic E-state index is 0.00115. The average molecular weight is 411 g/mol. The molecule has 9 nitrogen and oxygen atoms in total. The Morgan fingerprint density at radius 3 is 2.50 bits per heavy atom. The molecule has 2 aromatic rings. The van der Waals surface area contributed by atoms with Gasteiger partial charge in [-0.3, -0.25) is 19.2 Å². The number of nitro groups is 1. The van der Waals surface area contributed by atoms with E-state index in [1.165, 1.54) is 38.3 Å². The van der Waals surface area contributed by atoms with E-state index in [0.29, 0.717) is 0 Å². The second-order valence-corrected chi connectivity index (χ2v) is 7.71. The monoisotopic (exact) mass is 411 g/mol. The number of rotatable bonds is 7. The van der Waals surface area contributed by atoms with Crippen molar-refractivity contribution in [1.82, 2.24) is 0 Å². The van der Waals surface area contributed by atoms with Crippen LogP contribution in [0.2, 0.25) is 0 Å². The number of anilines is 2. The lowest BCUT2D eigenvalue weighted by Crippen LogP contribution is -2.45. The van der Waals surface area contributed by atoms with Gasteiger partial charge < -0.3 is 10.1 Å². The number of ether oxygens (including phenoxy) is 1. The number of halogens is 1. The van der Waals surface area contributed by atoms with E-state index in [-0.39, 0.29) is 22.8 Å². The highest BCUT2D eigenvalue weighted by Crippen LogP contribution is 2.30. The lowest BCUT2D eigenvalue weighted by atomic mass is 10.2. The van der Waals surface area contributed by atoms with Crippen LogP contribution in [0.4, 0.5) is 21.5 Å². The SMILES string of the molecule is COc1ccc([N+](=O)[O-])cc1NC(=O)C(C)N(c1cccc(F)c1)S(C)(=O)=O. The highest BCUT2D eigenvalue weighted by atomic mass is 32.2. The second kappa shape index (κ2) is 8.21. The normalized spacial score (nSPS) is 12.1. The predicted molar refractivity (Wildman–Crippen MR) is 101 cm³/mol. The standard InChI is InChI=1S/C17H18FN3O6S/c1-11(20(28(3,25)26)13-6-4-5-12(18)9-13)17(22)19-15-10-14(21(23)24)7-8-16(15)27-2/h4-11H,1-3H3,(H,19,22). The van der Waals surface area contributed by atoms with Crippen molar-refractivity contribution < 1.29 is 27.3 Å². The highest BCUT2D eigenvalue weighted by Gasteiger charge is 2.30. The van der Waals surface area contributed by atoms with E-state index in [9.17, 15) is 27.7 Å². The average Bonchev–Trinajstić information content (AvgIpc) is 2.60. The first-order valence-corrected chi connectivity index (χ1v) is 9.77. The fourth-order valence-corrected chi connectivity index (χ4v) is 3.73. The lowest BCUT2D eigenvalue weighted by molar-refractivity contribution is -0.384. The number of non-ortho nitro benzene ring substituents is 1. The maximum absolute atomic E-state index is 13.5. The molecule has 0 heterocycles. The van der Waals surface area contributed by atoms with Gasteiger partial charge in [0.05, 0.1) is 29.7 Å². The van der Waals surface area contributed by atoms with Gasteiger partial charge >= 0.3 is 0 Å². The van der Waals surface area contributed by atoms with Crippen molar-refractivity contribution in [2.45, 2.75) is 13.0 Å². The number of amides is 1. The number of nitrogens with zero attached hydrogens (tertiary/aromatic N) is 2. The molecule has 2 aromatic carbocycles. The van der Waals surface area contributed by atoms with Crippen molar-refractivity contribution in [1.29, 1.82) is 0 Å². The zero-order valence-electron chi connectivity index (χ0n) is 15.2. The van der Waals surface area contributed by atoms with Crippen molar-refractivity contribution >= 4 is 33.0 Å². The van der Waals surface area contributed by atoms with Crippen LogP contribution in [0.3, 0.4) is 0 Å². The quantitative estimate of drug-likeness (QED) is 0.552. The molecule has 150 valence electrons. The molecule has 0 aliphatic heterocycles. The summed E-state index contributed by atoms with van der Waals surface area (Å²) in [6.07, 6.45) is 0.885. The van der Waals surface area contributed by atoms with Crippen LogP contribution in [0.5, 0.6) is 5.75 Å². The van der Waals surface area contributed by atoms with Crippen LogP contribution in [0.15, 0.2) is 42.5 Å². The van der Waals surface area contributed by atoms with Crippen LogP contribution >= 0.6 is 0 Å². The molecule has 0 radical (unpaired) electrons. The fraction of sp³-hybridized carbons (Fsp3) is 0.235. The molecule has 28 heavy (non-hydrogen) atoms. The van der Waals surface area contributed by atoms with Gasteiger partial charge in [-0.25, -0.2) is 12.8 Å². The summed E-state index contributed by atoms with van der Waals surface area (Å²) in [6, 6.07) is 7.12. The molecule has 1 amide bonds. The van der Waals surface area contributed by atoms with Crippen molar-refractivity contribution in [2.75, 3.05) is 23.0 Å². The summed E-state index contributed by atoms with van der Waals surface area (Å²) in [5, 5.41) is 13.4. The molecule has 0 spiro atoms. The van der Waals surface area contributed by atoms with Gasteiger partial charge in [0.15, 0.2) is 0 Å². The van der Waals surface area contributed by atoms with Crippen molar-refractivity contribution in [3.8, 4) is 5.75 Å². The third kappa shape index (κ3) is 4.74. The van der Waals surface area contributed by atoms with E-state index in [4.69, 9.17) is 4.74 Å². The molecular weight excluding hydrogens is 393 g/mol. The minimum atomic E-state index is -3.94. The zero-order chi connectivity index (χ0) is 21.1. The van der Waals surface area contributed by atoms with E-state index >= 15 is 0 Å². The lowest BCUT2D eigenvalue weighted by Gasteiger charge is -2.28. The summed E-state index contributed by atoms with van der Waals surface area (Å²) < 4.78 is 43.8. The fourth-order valence-electron chi connectivity index (χ4n) is 2.57. The van der Waals surface area contributed by atoms with Crippen molar-refractivity contribution in [2.24, 2.45) is 0 Å². The minimum Gasteiger partial charge on any atom is -0.495 e. The Hall–Kier alpha value is -3.21. The number of hydrogen-bond donors (Lipinski definition) is 1. The van der Waals surface area contributed by atoms with E-state index in [2.05, 4.69) is 5.32 Å². The zero-order valence-corrected chi connectivity index (χ0v) is 16.1. The van der Waals surface area contributed by atoms with Gasteiger partial charge in [-0.2, -0.15) is 0 Å². The molecule has 0 aliphatic rings. The molecule has 0 bridgehead atoms. The molecular formula is C17H18FN3O6S. The Morgan fingerprint density at radius 2 is 1.96 bits per heavy atom. The number of carbonyl (C=O) groups is 1.